The molecule has 1 atom stereocenters. The molecule has 24 heavy (non-hydrogen) atoms. The van der Waals surface area contributed by atoms with Crippen molar-refractivity contribution in [3.63, 3.8) is 0 Å². The number of rotatable bonds is 6. The molecule has 128 valence electrons. The molecule has 0 aromatic heterocycles. The lowest BCUT2D eigenvalue weighted by atomic mass is 9.91. The van der Waals surface area contributed by atoms with Gasteiger partial charge in [0.05, 0.1) is 6.04 Å². The van der Waals surface area contributed by atoms with E-state index in [1.165, 1.54) is 49.7 Å². The number of hydrogen-bond acceptors (Lipinski definition) is 2. The maximum atomic E-state index is 6.56. The van der Waals surface area contributed by atoms with E-state index in [1.54, 1.807) is 0 Å². The number of nitrogens with one attached hydrogen (secondary N) is 1. The van der Waals surface area contributed by atoms with Gasteiger partial charge in [-0.25, -0.2) is 0 Å². The average molecular weight is 322 g/mol. The largest absolute Gasteiger partial charge is 0.326 e. The lowest BCUT2D eigenvalue weighted by Gasteiger charge is -2.26. The van der Waals surface area contributed by atoms with E-state index in [0.717, 1.165) is 6.54 Å². The third-order valence-electron chi connectivity index (χ3n) is 5.33. The molecular formula is C22H30N2. The van der Waals surface area contributed by atoms with Crippen LogP contribution < -0.4 is 11.1 Å². The summed E-state index contributed by atoms with van der Waals surface area (Å²) in [7, 11) is 0. The molecule has 0 unspecified atom stereocenters. The highest BCUT2D eigenvalue weighted by molar-refractivity contribution is 5.31. The quantitative estimate of drug-likeness (QED) is 0.759. The van der Waals surface area contributed by atoms with Gasteiger partial charge in [-0.15, -0.1) is 0 Å². The molecule has 3 rings (SSSR count). The number of nitrogens with two attached hydrogens (primary N) is 1. The third kappa shape index (κ3) is 4.68. The zero-order valence-electron chi connectivity index (χ0n) is 14.5. The molecule has 0 amide bonds. The van der Waals surface area contributed by atoms with Crippen molar-refractivity contribution in [3.8, 4) is 0 Å². The van der Waals surface area contributed by atoms with E-state index in [0.29, 0.717) is 5.92 Å². The van der Waals surface area contributed by atoms with Gasteiger partial charge in [-0.05, 0) is 29.9 Å². The lowest BCUT2D eigenvalue weighted by molar-refractivity contribution is 0.354. The Hall–Kier alpha value is -1.64. The van der Waals surface area contributed by atoms with E-state index in [2.05, 4.69) is 66.0 Å². The maximum Gasteiger partial charge on any atom is 0.0577 e. The second-order valence-corrected chi connectivity index (χ2v) is 7.08. The van der Waals surface area contributed by atoms with Crippen LogP contribution in [0.1, 0.15) is 55.7 Å². The smallest absolute Gasteiger partial charge is 0.0577 e. The fourth-order valence-electron chi connectivity index (χ4n) is 3.88. The van der Waals surface area contributed by atoms with Gasteiger partial charge in [-0.1, -0.05) is 86.3 Å². The van der Waals surface area contributed by atoms with Crippen molar-refractivity contribution in [3.05, 3.63) is 71.8 Å². The Morgan fingerprint density at radius 2 is 1.29 bits per heavy atom. The van der Waals surface area contributed by atoms with Crippen molar-refractivity contribution >= 4 is 0 Å². The van der Waals surface area contributed by atoms with Gasteiger partial charge in [-0.2, -0.15) is 0 Å². The van der Waals surface area contributed by atoms with Crippen LogP contribution in [0.25, 0.3) is 0 Å². The predicted molar refractivity (Wildman–Crippen MR) is 102 cm³/mol. The van der Waals surface area contributed by atoms with Crippen LogP contribution >= 0.6 is 0 Å². The van der Waals surface area contributed by atoms with Crippen molar-refractivity contribution in [2.24, 2.45) is 11.7 Å². The fourth-order valence-corrected chi connectivity index (χ4v) is 3.88. The summed E-state index contributed by atoms with van der Waals surface area (Å²) in [6.45, 7) is 0.874. The molecule has 2 heteroatoms. The van der Waals surface area contributed by atoms with Crippen LogP contribution in [0.4, 0.5) is 0 Å². The molecule has 1 fully saturated rings. The highest BCUT2D eigenvalue weighted by Crippen LogP contribution is 2.26. The summed E-state index contributed by atoms with van der Waals surface area (Å²) >= 11 is 0. The maximum absolute atomic E-state index is 6.56. The van der Waals surface area contributed by atoms with Gasteiger partial charge >= 0.3 is 0 Å². The van der Waals surface area contributed by atoms with E-state index in [1.807, 2.05) is 0 Å². The molecule has 0 spiro atoms. The van der Waals surface area contributed by atoms with E-state index >= 15 is 0 Å². The topological polar surface area (TPSA) is 38.0 Å². The molecule has 0 saturated heterocycles. The lowest BCUT2D eigenvalue weighted by Crippen LogP contribution is -2.41. The first-order chi connectivity index (χ1) is 11.8. The highest BCUT2D eigenvalue weighted by atomic mass is 14.9. The summed E-state index contributed by atoms with van der Waals surface area (Å²) in [5.74, 6) is 0.673. The first-order valence-electron chi connectivity index (χ1n) is 9.43. The summed E-state index contributed by atoms with van der Waals surface area (Å²) in [6.07, 6.45) is 8.05. The first kappa shape index (κ1) is 17.2. The summed E-state index contributed by atoms with van der Waals surface area (Å²) in [6, 6.07) is 21.8. The Labute approximate surface area is 146 Å². The molecule has 1 aliphatic rings. The Morgan fingerprint density at radius 1 is 0.792 bits per heavy atom. The van der Waals surface area contributed by atoms with Gasteiger partial charge in [0.2, 0.25) is 0 Å². The third-order valence-corrected chi connectivity index (χ3v) is 5.33. The highest BCUT2D eigenvalue weighted by Gasteiger charge is 2.21. The molecule has 0 aliphatic heterocycles. The Balaban J connectivity index is 1.68. The minimum Gasteiger partial charge on any atom is -0.326 e. The van der Waals surface area contributed by atoms with Gasteiger partial charge in [0.25, 0.3) is 0 Å². The second kappa shape index (κ2) is 9.00. The van der Waals surface area contributed by atoms with Crippen LogP contribution in [0.3, 0.4) is 0 Å². The monoisotopic (exact) mass is 322 g/mol. The zero-order chi connectivity index (χ0) is 16.6. The molecular weight excluding hydrogens is 292 g/mol. The van der Waals surface area contributed by atoms with E-state index in [9.17, 15) is 0 Å². The number of hydrogen-bond donors (Lipinski definition) is 2. The molecule has 2 aromatic carbocycles. The van der Waals surface area contributed by atoms with Crippen molar-refractivity contribution in [1.82, 2.24) is 5.32 Å². The normalized spacial score (nSPS) is 17.6. The van der Waals surface area contributed by atoms with E-state index in [-0.39, 0.29) is 12.1 Å². The Kier molecular flexibility index (Phi) is 6.45. The fraction of sp³-hybridized carbons (Fsp3) is 0.455. The minimum absolute atomic E-state index is 0.212. The minimum atomic E-state index is 0.212. The van der Waals surface area contributed by atoms with Crippen LogP contribution in [0.5, 0.6) is 0 Å². The average Bonchev–Trinajstić information content (AvgIpc) is 2.93. The van der Waals surface area contributed by atoms with Crippen LogP contribution in [-0.2, 0) is 0 Å². The molecule has 0 radical (unpaired) electrons. The summed E-state index contributed by atoms with van der Waals surface area (Å²) in [4.78, 5) is 0. The molecule has 3 N–H and O–H groups in total. The first-order valence-corrected chi connectivity index (χ1v) is 9.43. The van der Waals surface area contributed by atoms with Crippen molar-refractivity contribution in [2.45, 2.75) is 50.6 Å². The predicted octanol–water partition coefficient (Wildman–Crippen LogP) is 4.66. The summed E-state index contributed by atoms with van der Waals surface area (Å²) < 4.78 is 0. The van der Waals surface area contributed by atoms with Crippen LogP contribution in [0, 0.1) is 5.92 Å². The molecule has 1 aliphatic carbocycles. The SMILES string of the molecule is N[C@@H](CNC(c1ccccc1)c1ccccc1)C1CCCCCC1. The molecule has 0 bridgehead atoms. The van der Waals surface area contributed by atoms with Crippen LogP contribution in [0.15, 0.2) is 60.7 Å². The van der Waals surface area contributed by atoms with Crippen LogP contribution in [-0.4, -0.2) is 12.6 Å². The van der Waals surface area contributed by atoms with Gasteiger partial charge in [0, 0.05) is 12.6 Å². The van der Waals surface area contributed by atoms with Crippen LogP contribution in [0.2, 0.25) is 0 Å². The molecule has 2 nitrogen and oxygen atoms in total. The van der Waals surface area contributed by atoms with E-state index < -0.39 is 0 Å². The second-order valence-electron chi connectivity index (χ2n) is 7.08. The number of benzene rings is 2. The van der Waals surface area contributed by atoms with Gasteiger partial charge in [-0.3, -0.25) is 0 Å². The standard InChI is InChI=1S/C22H30N2/c23-21(18-11-5-1-2-6-12-18)17-24-22(19-13-7-3-8-14-19)20-15-9-4-10-16-20/h3-4,7-10,13-16,18,21-22,24H,1-2,5-6,11-12,17,23H2/t21-/m0/s1. The Morgan fingerprint density at radius 3 is 1.79 bits per heavy atom. The molecule has 2 aromatic rings. The Bertz CT molecular complexity index is 534. The van der Waals surface area contributed by atoms with Gasteiger partial charge < -0.3 is 11.1 Å². The van der Waals surface area contributed by atoms with Crippen molar-refractivity contribution in [2.75, 3.05) is 6.54 Å². The van der Waals surface area contributed by atoms with Crippen molar-refractivity contribution < 1.29 is 0 Å². The summed E-state index contributed by atoms with van der Waals surface area (Å²) in [5, 5.41) is 3.74. The van der Waals surface area contributed by atoms with Crippen molar-refractivity contribution in [1.29, 1.82) is 0 Å². The zero-order valence-corrected chi connectivity index (χ0v) is 14.5. The van der Waals surface area contributed by atoms with Gasteiger partial charge in [0.15, 0.2) is 0 Å². The van der Waals surface area contributed by atoms with E-state index in [4.69, 9.17) is 5.73 Å². The molecule has 1 saturated carbocycles. The summed E-state index contributed by atoms with van der Waals surface area (Å²) in [5.41, 5.74) is 9.16. The van der Waals surface area contributed by atoms with Gasteiger partial charge in [0.1, 0.15) is 0 Å². The molecule has 0 heterocycles.